The van der Waals surface area contributed by atoms with Gasteiger partial charge in [0.2, 0.25) is 0 Å². The molecule has 1 amide bonds. The number of hydrogen-bond acceptors (Lipinski definition) is 4. The Balaban J connectivity index is 1.92. The third-order valence-electron chi connectivity index (χ3n) is 2.94. The maximum absolute atomic E-state index is 12.2. The quantitative estimate of drug-likeness (QED) is 0.799. The molecule has 0 unspecified atom stereocenters. The van der Waals surface area contributed by atoms with E-state index in [1.54, 1.807) is 48.7 Å². The summed E-state index contributed by atoms with van der Waals surface area (Å²) < 4.78 is 1.19. The van der Waals surface area contributed by atoms with E-state index in [2.05, 4.69) is 15.4 Å². The molecule has 108 valence electrons. The fourth-order valence-electron chi connectivity index (χ4n) is 1.90. The van der Waals surface area contributed by atoms with E-state index in [0.29, 0.717) is 11.5 Å². The molecule has 2 aromatic heterocycles. The second-order valence-corrected chi connectivity index (χ2v) is 4.47. The van der Waals surface area contributed by atoms with Crippen molar-refractivity contribution in [3.05, 3.63) is 82.9 Å². The summed E-state index contributed by atoms with van der Waals surface area (Å²) in [6.07, 6.45) is 1.58. The molecule has 0 atom stereocenters. The van der Waals surface area contributed by atoms with E-state index in [-0.39, 0.29) is 11.3 Å². The Kier molecular flexibility index (Phi) is 3.74. The Hall–Kier alpha value is -3.28. The van der Waals surface area contributed by atoms with E-state index >= 15 is 0 Å². The summed E-state index contributed by atoms with van der Waals surface area (Å²) in [4.78, 5) is 28.1. The van der Waals surface area contributed by atoms with Crippen LogP contribution >= 0.6 is 0 Å². The molecular formula is C16H12N4O2. The summed E-state index contributed by atoms with van der Waals surface area (Å²) in [7, 11) is 0. The van der Waals surface area contributed by atoms with Crippen LogP contribution in [0.15, 0.2) is 71.7 Å². The fraction of sp³-hybridized carbons (Fsp3) is 0. The number of amides is 1. The highest BCUT2D eigenvalue weighted by Gasteiger charge is 2.11. The van der Waals surface area contributed by atoms with Gasteiger partial charge in [-0.25, -0.2) is 4.98 Å². The molecular weight excluding hydrogens is 280 g/mol. The van der Waals surface area contributed by atoms with Gasteiger partial charge in [-0.1, -0.05) is 24.3 Å². The molecule has 3 aromatic rings. The third-order valence-corrected chi connectivity index (χ3v) is 2.94. The predicted molar refractivity (Wildman–Crippen MR) is 82.0 cm³/mol. The minimum Gasteiger partial charge on any atom is -0.305 e. The van der Waals surface area contributed by atoms with Crippen LogP contribution in [0.1, 0.15) is 10.5 Å². The summed E-state index contributed by atoms with van der Waals surface area (Å²) in [5.74, 6) is -0.00450. The largest absolute Gasteiger partial charge is 0.305 e. The first-order valence-electron chi connectivity index (χ1n) is 6.62. The average Bonchev–Trinajstić information content (AvgIpc) is 2.57. The van der Waals surface area contributed by atoms with Gasteiger partial charge in [0.15, 0.2) is 0 Å². The van der Waals surface area contributed by atoms with Gasteiger partial charge < -0.3 is 5.32 Å². The monoisotopic (exact) mass is 292 g/mol. The van der Waals surface area contributed by atoms with E-state index in [9.17, 15) is 9.59 Å². The van der Waals surface area contributed by atoms with Crippen LogP contribution in [0.4, 0.5) is 5.82 Å². The minimum absolute atomic E-state index is 0.133. The van der Waals surface area contributed by atoms with Gasteiger partial charge in [0, 0.05) is 12.3 Å². The number of rotatable bonds is 3. The van der Waals surface area contributed by atoms with Crippen LogP contribution < -0.4 is 10.9 Å². The number of hydrogen-bond donors (Lipinski definition) is 1. The zero-order chi connectivity index (χ0) is 15.4. The smallest absolute Gasteiger partial charge is 0.277 e. The predicted octanol–water partition coefficient (Wildman–Crippen LogP) is 1.88. The molecule has 0 bridgehead atoms. The van der Waals surface area contributed by atoms with Crippen molar-refractivity contribution in [2.45, 2.75) is 0 Å². The molecule has 22 heavy (non-hydrogen) atoms. The van der Waals surface area contributed by atoms with Crippen molar-refractivity contribution in [2.75, 3.05) is 5.32 Å². The van der Waals surface area contributed by atoms with Crippen LogP contribution in [0, 0.1) is 0 Å². The highest BCUT2D eigenvalue weighted by atomic mass is 16.2. The first kappa shape index (κ1) is 13.7. The number of carbonyl (C=O) groups is 1. The Labute approximate surface area is 126 Å². The second-order valence-electron chi connectivity index (χ2n) is 4.47. The van der Waals surface area contributed by atoms with Crippen LogP contribution in [0.25, 0.3) is 5.69 Å². The van der Waals surface area contributed by atoms with Crippen molar-refractivity contribution in [1.29, 1.82) is 0 Å². The van der Waals surface area contributed by atoms with Crippen LogP contribution in [-0.2, 0) is 0 Å². The lowest BCUT2D eigenvalue weighted by Crippen LogP contribution is -2.25. The molecule has 0 fully saturated rings. The Morgan fingerprint density at radius 2 is 1.73 bits per heavy atom. The van der Waals surface area contributed by atoms with Gasteiger partial charge in [0.05, 0.1) is 5.69 Å². The molecule has 0 radical (unpaired) electrons. The SMILES string of the molecule is O=C(Nc1ccccn1)c1ccc(=O)n(-c2ccccc2)n1. The first-order valence-corrected chi connectivity index (χ1v) is 6.62. The molecule has 2 heterocycles. The van der Waals surface area contributed by atoms with E-state index in [0.717, 1.165) is 0 Å². The van der Waals surface area contributed by atoms with Gasteiger partial charge in [-0.15, -0.1) is 0 Å². The standard InChI is InChI=1S/C16H12N4O2/c21-15-10-9-13(16(22)18-14-8-4-5-11-17-14)19-20(15)12-6-2-1-3-7-12/h1-11H,(H,17,18,22). The van der Waals surface area contributed by atoms with Gasteiger partial charge in [-0.2, -0.15) is 9.78 Å². The summed E-state index contributed by atoms with van der Waals surface area (Å²) in [6, 6.07) is 16.8. The van der Waals surface area contributed by atoms with Gasteiger partial charge in [0.25, 0.3) is 11.5 Å². The molecule has 3 rings (SSSR count). The Morgan fingerprint density at radius 3 is 2.45 bits per heavy atom. The topological polar surface area (TPSA) is 76.9 Å². The fourth-order valence-corrected chi connectivity index (χ4v) is 1.90. The molecule has 0 saturated carbocycles. The number of nitrogens with one attached hydrogen (secondary N) is 1. The molecule has 1 aromatic carbocycles. The van der Waals surface area contributed by atoms with Gasteiger partial charge in [-0.3, -0.25) is 9.59 Å². The number of para-hydroxylation sites is 1. The van der Waals surface area contributed by atoms with Crippen LogP contribution in [-0.4, -0.2) is 20.7 Å². The molecule has 0 aliphatic rings. The molecule has 1 N–H and O–H groups in total. The van der Waals surface area contributed by atoms with Crippen LogP contribution in [0.3, 0.4) is 0 Å². The second kappa shape index (κ2) is 6.01. The Bertz CT molecular complexity index is 845. The average molecular weight is 292 g/mol. The van der Waals surface area contributed by atoms with E-state index in [4.69, 9.17) is 0 Å². The lowest BCUT2D eigenvalue weighted by atomic mass is 10.3. The van der Waals surface area contributed by atoms with Crippen molar-refractivity contribution < 1.29 is 4.79 Å². The van der Waals surface area contributed by atoms with Gasteiger partial charge in [-0.05, 0) is 30.3 Å². The van der Waals surface area contributed by atoms with Gasteiger partial charge in [0.1, 0.15) is 11.5 Å². The van der Waals surface area contributed by atoms with Crippen LogP contribution in [0.2, 0.25) is 0 Å². The molecule has 6 heteroatoms. The normalized spacial score (nSPS) is 10.2. The number of anilines is 1. The molecule has 6 nitrogen and oxygen atoms in total. The highest BCUT2D eigenvalue weighted by molar-refractivity contribution is 6.02. The molecule has 0 saturated heterocycles. The van der Waals surface area contributed by atoms with Crippen LogP contribution in [0.5, 0.6) is 0 Å². The van der Waals surface area contributed by atoms with Crippen molar-refractivity contribution in [3.63, 3.8) is 0 Å². The van der Waals surface area contributed by atoms with Crippen molar-refractivity contribution in [3.8, 4) is 5.69 Å². The Morgan fingerprint density at radius 1 is 0.955 bits per heavy atom. The zero-order valence-corrected chi connectivity index (χ0v) is 11.5. The van der Waals surface area contributed by atoms with E-state index in [1.807, 2.05) is 6.07 Å². The van der Waals surface area contributed by atoms with E-state index < -0.39 is 5.91 Å². The highest BCUT2D eigenvalue weighted by Crippen LogP contribution is 2.05. The third kappa shape index (κ3) is 2.90. The minimum atomic E-state index is -0.427. The summed E-state index contributed by atoms with van der Waals surface area (Å²) in [6.45, 7) is 0. The molecule has 0 aliphatic heterocycles. The number of aromatic nitrogens is 3. The number of pyridine rings is 1. The number of carbonyl (C=O) groups excluding carboxylic acids is 1. The summed E-state index contributed by atoms with van der Waals surface area (Å²) in [5, 5.41) is 6.73. The lowest BCUT2D eigenvalue weighted by Gasteiger charge is -2.07. The lowest BCUT2D eigenvalue weighted by molar-refractivity contribution is 0.102. The summed E-state index contributed by atoms with van der Waals surface area (Å²) >= 11 is 0. The van der Waals surface area contributed by atoms with Crippen molar-refractivity contribution in [1.82, 2.24) is 14.8 Å². The van der Waals surface area contributed by atoms with Crippen molar-refractivity contribution >= 4 is 11.7 Å². The van der Waals surface area contributed by atoms with Gasteiger partial charge >= 0.3 is 0 Å². The van der Waals surface area contributed by atoms with E-state index in [1.165, 1.54) is 16.8 Å². The number of nitrogens with zero attached hydrogens (tertiary/aromatic N) is 3. The maximum atomic E-state index is 12.2. The molecule has 0 aliphatic carbocycles. The zero-order valence-electron chi connectivity index (χ0n) is 11.5. The maximum Gasteiger partial charge on any atom is 0.277 e. The number of benzene rings is 1. The summed E-state index contributed by atoms with van der Waals surface area (Å²) in [5.41, 5.74) is 0.426. The first-order chi connectivity index (χ1) is 10.7. The van der Waals surface area contributed by atoms with Crippen molar-refractivity contribution in [2.24, 2.45) is 0 Å². The molecule has 0 spiro atoms.